The largest absolute Gasteiger partial charge is 0.497 e. The molecule has 1 heterocycles. The van der Waals surface area contributed by atoms with Gasteiger partial charge in [0.05, 0.1) is 19.8 Å². The molecule has 0 radical (unpaired) electrons. The van der Waals surface area contributed by atoms with Gasteiger partial charge in [0.15, 0.2) is 0 Å². The van der Waals surface area contributed by atoms with E-state index in [4.69, 9.17) is 4.74 Å². The zero-order valence-electron chi connectivity index (χ0n) is 26.2. The number of aliphatic hydroxyl groups excluding tert-OH is 1. The summed E-state index contributed by atoms with van der Waals surface area (Å²) >= 11 is 2.34. The molecule has 6 rings (SSSR count). The van der Waals surface area contributed by atoms with Crippen molar-refractivity contribution in [3.05, 3.63) is 170 Å². The fraction of sp³-hybridized carbons (Fsp3) is 0.200. The maximum atomic E-state index is 15.2. The van der Waals surface area contributed by atoms with Crippen molar-refractivity contribution in [3.63, 3.8) is 0 Å². The monoisotopic (exact) mass is 736 g/mol. The molecule has 5 aromatic rings. The second kappa shape index (κ2) is 14.5. The molecule has 0 unspecified atom stereocenters. The number of carbonyl (C=O) groups excluding carboxylic acids is 2. The standard InChI is InChI=1S/C40H37IN2O4/c1-47-33-21-17-28(18-22-33)23-24-42-39(46)40(25-32-11-5-8-14-36(32)41)35-13-7-6-12-34(35)38(45)43(26-29-9-3-2-4-10-29)37(40)31-19-15-30(27-44)16-20-31/h2-22,37,44H,23-27H2,1H3,(H,42,46)/t37-,40-/m0/s1. The maximum absolute atomic E-state index is 15.2. The molecule has 5 aromatic carbocycles. The molecular weight excluding hydrogens is 699 g/mol. The maximum Gasteiger partial charge on any atom is 0.255 e. The minimum Gasteiger partial charge on any atom is -0.497 e. The summed E-state index contributed by atoms with van der Waals surface area (Å²) in [5, 5.41) is 13.2. The van der Waals surface area contributed by atoms with Crippen molar-refractivity contribution in [2.24, 2.45) is 0 Å². The number of nitrogens with zero attached hydrogens (tertiary/aromatic N) is 1. The van der Waals surface area contributed by atoms with Gasteiger partial charge in [0, 0.05) is 22.2 Å². The topological polar surface area (TPSA) is 78.9 Å². The number of carbonyl (C=O) groups is 2. The minimum atomic E-state index is -1.18. The van der Waals surface area contributed by atoms with Gasteiger partial charge in [-0.25, -0.2) is 0 Å². The summed E-state index contributed by atoms with van der Waals surface area (Å²) in [7, 11) is 1.64. The first-order valence-corrected chi connectivity index (χ1v) is 16.8. The second-order valence-corrected chi connectivity index (χ2v) is 13.0. The molecule has 1 aliphatic heterocycles. The smallest absolute Gasteiger partial charge is 0.255 e. The molecule has 0 spiro atoms. The van der Waals surface area contributed by atoms with E-state index in [2.05, 4.69) is 40.0 Å². The van der Waals surface area contributed by atoms with E-state index in [1.54, 1.807) is 7.11 Å². The second-order valence-electron chi connectivity index (χ2n) is 11.9. The number of halogens is 1. The van der Waals surface area contributed by atoms with Crippen LogP contribution in [0.2, 0.25) is 0 Å². The van der Waals surface area contributed by atoms with Crippen LogP contribution in [0.25, 0.3) is 0 Å². The predicted molar refractivity (Wildman–Crippen MR) is 192 cm³/mol. The third-order valence-electron chi connectivity index (χ3n) is 9.04. The van der Waals surface area contributed by atoms with Crippen molar-refractivity contribution >= 4 is 34.4 Å². The normalized spacial score (nSPS) is 17.2. The van der Waals surface area contributed by atoms with E-state index in [0.29, 0.717) is 37.1 Å². The number of fused-ring (bicyclic) bond motifs is 1. The lowest BCUT2D eigenvalue weighted by atomic mass is 9.63. The molecule has 2 amide bonds. The first-order chi connectivity index (χ1) is 22.9. The zero-order chi connectivity index (χ0) is 32.8. The van der Waals surface area contributed by atoms with E-state index in [0.717, 1.165) is 37.1 Å². The van der Waals surface area contributed by atoms with Crippen LogP contribution in [0.4, 0.5) is 0 Å². The average molecular weight is 737 g/mol. The van der Waals surface area contributed by atoms with Crippen molar-refractivity contribution in [2.45, 2.75) is 37.5 Å². The number of hydrogen-bond donors (Lipinski definition) is 2. The lowest BCUT2D eigenvalue weighted by Gasteiger charge is -2.50. The first-order valence-electron chi connectivity index (χ1n) is 15.7. The third-order valence-corrected chi connectivity index (χ3v) is 10.1. The fourth-order valence-corrected chi connectivity index (χ4v) is 7.27. The molecule has 0 saturated carbocycles. The summed E-state index contributed by atoms with van der Waals surface area (Å²) in [5.74, 6) is 0.524. The van der Waals surface area contributed by atoms with Crippen LogP contribution in [0.3, 0.4) is 0 Å². The Labute approximate surface area is 289 Å². The fourth-order valence-electron chi connectivity index (χ4n) is 6.69. The van der Waals surface area contributed by atoms with Crippen molar-refractivity contribution in [2.75, 3.05) is 13.7 Å². The third kappa shape index (κ3) is 6.68. The molecule has 7 heteroatoms. The van der Waals surface area contributed by atoms with Gasteiger partial charge in [-0.15, -0.1) is 0 Å². The van der Waals surface area contributed by atoms with Crippen LogP contribution in [-0.2, 0) is 36.2 Å². The highest BCUT2D eigenvalue weighted by atomic mass is 127. The molecule has 6 nitrogen and oxygen atoms in total. The average Bonchev–Trinajstić information content (AvgIpc) is 3.12. The number of aliphatic hydroxyl groups is 1. The predicted octanol–water partition coefficient (Wildman–Crippen LogP) is 7.03. The number of ether oxygens (including phenoxy) is 1. The number of amides is 2. The van der Waals surface area contributed by atoms with Crippen molar-refractivity contribution in [3.8, 4) is 5.75 Å². The summed E-state index contributed by atoms with van der Waals surface area (Å²) in [5.41, 5.74) is 4.74. The number of hydrogen-bond acceptors (Lipinski definition) is 4. The molecule has 0 aliphatic carbocycles. The summed E-state index contributed by atoms with van der Waals surface area (Å²) < 4.78 is 6.37. The van der Waals surface area contributed by atoms with Crippen LogP contribution in [0.15, 0.2) is 127 Å². The highest BCUT2D eigenvalue weighted by Gasteiger charge is 2.56. The number of methoxy groups -OCH3 is 1. The van der Waals surface area contributed by atoms with Gasteiger partial charge in [0.2, 0.25) is 5.91 Å². The SMILES string of the molecule is COc1ccc(CCNC(=O)[C@@]2(Cc3ccccc3I)c3ccccc3C(=O)N(Cc3ccccc3)[C@H]2c2ccc(CO)cc2)cc1. The van der Waals surface area contributed by atoms with E-state index in [1.165, 1.54) is 0 Å². The van der Waals surface area contributed by atoms with Gasteiger partial charge >= 0.3 is 0 Å². The lowest BCUT2D eigenvalue weighted by molar-refractivity contribution is -0.130. The van der Waals surface area contributed by atoms with Crippen LogP contribution in [-0.4, -0.2) is 35.5 Å². The molecule has 0 saturated heterocycles. The summed E-state index contributed by atoms with van der Waals surface area (Å²) in [6.45, 7) is 0.649. The van der Waals surface area contributed by atoms with Gasteiger partial charge in [-0.3, -0.25) is 9.59 Å². The Bertz CT molecular complexity index is 1840. The molecule has 47 heavy (non-hydrogen) atoms. The van der Waals surface area contributed by atoms with Crippen LogP contribution in [0, 0.1) is 3.57 Å². The van der Waals surface area contributed by atoms with Crippen LogP contribution in [0.1, 0.15) is 49.8 Å². The highest BCUT2D eigenvalue weighted by Crippen LogP contribution is 2.50. The Kier molecular flexibility index (Phi) is 10.0. The Morgan fingerprint density at radius 2 is 1.49 bits per heavy atom. The number of benzene rings is 5. The summed E-state index contributed by atoms with van der Waals surface area (Å²) in [4.78, 5) is 31.6. The Morgan fingerprint density at radius 3 is 2.19 bits per heavy atom. The molecular formula is C40H37IN2O4. The first kappa shape index (κ1) is 32.5. The quantitative estimate of drug-likeness (QED) is 0.143. The van der Waals surface area contributed by atoms with Gasteiger partial charge in [-0.1, -0.05) is 103 Å². The molecule has 238 valence electrons. The van der Waals surface area contributed by atoms with Crippen molar-refractivity contribution < 1.29 is 19.4 Å². The molecule has 2 N–H and O–H groups in total. The summed E-state index contributed by atoms with van der Waals surface area (Å²) in [6.07, 6.45) is 1.02. The molecule has 0 fully saturated rings. The van der Waals surface area contributed by atoms with Gasteiger partial charge in [0.25, 0.3) is 5.91 Å². The minimum absolute atomic E-state index is 0.0976. The van der Waals surface area contributed by atoms with Gasteiger partial charge in [0.1, 0.15) is 11.2 Å². The Balaban J connectivity index is 1.52. The van der Waals surface area contributed by atoms with Gasteiger partial charge < -0.3 is 20.1 Å². The van der Waals surface area contributed by atoms with Crippen LogP contribution < -0.4 is 10.1 Å². The molecule has 1 aliphatic rings. The van der Waals surface area contributed by atoms with Crippen molar-refractivity contribution in [1.29, 1.82) is 0 Å². The molecule has 2 atom stereocenters. The number of rotatable bonds is 11. The zero-order valence-corrected chi connectivity index (χ0v) is 28.4. The Morgan fingerprint density at radius 1 is 0.830 bits per heavy atom. The molecule has 0 aromatic heterocycles. The molecule has 0 bridgehead atoms. The van der Waals surface area contributed by atoms with Gasteiger partial charge in [-0.2, -0.15) is 0 Å². The van der Waals surface area contributed by atoms with E-state index in [9.17, 15) is 9.90 Å². The van der Waals surface area contributed by atoms with E-state index in [-0.39, 0.29) is 18.4 Å². The Hall–Kier alpha value is -4.47. The van der Waals surface area contributed by atoms with Gasteiger partial charge in [-0.05, 0) is 93.1 Å². The van der Waals surface area contributed by atoms with E-state index < -0.39 is 11.5 Å². The summed E-state index contributed by atoms with van der Waals surface area (Å²) in [6, 6.07) is 40.5. The lowest BCUT2D eigenvalue weighted by Crippen LogP contribution is -2.59. The van der Waals surface area contributed by atoms with E-state index >= 15 is 4.79 Å². The van der Waals surface area contributed by atoms with E-state index in [1.807, 2.05) is 120 Å². The van der Waals surface area contributed by atoms with Crippen molar-refractivity contribution in [1.82, 2.24) is 10.2 Å². The highest BCUT2D eigenvalue weighted by molar-refractivity contribution is 14.1. The van der Waals surface area contributed by atoms with Crippen LogP contribution in [0.5, 0.6) is 5.75 Å². The number of nitrogens with one attached hydrogen (secondary N) is 1. The van der Waals surface area contributed by atoms with Crippen LogP contribution >= 0.6 is 22.6 Å².